The normalized spacial score (nSPS) is 17.6. The molecule has 1 unspecified atom stereocenters. The average molecular weight is 432 g/mol. The van der Waals surface area contributed by atoms with Crippen LogP contribution in [-0.4, -0.2) is 42.7 Å². The van der Waals surface area contributed by atoms with Crippen LogP contribution in [0, 0.1) is 10.1 Å². The number of Topliss-reactive ketones (excluding diaryl/α,β-unsaturated/α-hetero) is 1. The minimum absolute atomic E-state index is 0.155. The Bertz CT molecular complexity index is 1190. The molecule has 162 valence electrons. The summed E-state index contributed by atoms with van der Waals surface area (Å²) in [5, 5.41) is 22.7. The molecule has 9 heteroatoms. The molecule has 1 fully saturated rings. The van der Waals surface area contributed by atoms with Crippen molar-refractivity contribution in [2.45, 2.75) is 19.0 Å². The Morgan fingerprint density at radius 1 is 1.06 bits per heavy atom. The third-order valence-electron chi connectivity index (χ3n) is 5.39. The molecule has 0 radical (unpaired) electrons. The summed E-state index contributed by atoms with van der Waals surface area (Å²) in [7, 11) is 0. The minimum Gasteiger partial charge on any atom is -0.507 e. The van der Waals surface area contributed by atoms with E-state index in [0.717, 1.165) is 0 Å². The van der Waals surface area contributed by atoms with E-state index in [4.69, 9.17) is 0 Å². The van der Waals surface area contributed by atoms with Crippen LogP contribution in [-0.2, 0) is 16.1 Å². The van der Waals surface area contributed by atoms with E-state index < -0.39 is 22.7 Å². The molecule has 1 amide bonds. The van der Waals surface area contributed by atoms with Crippen LogP contribution in [0.5, 0.6) is 0 Å². The molecule has 0 aliphatic carbocycles. The van der Waals surface area contributed by atoms with Gasteiger partial charge in [-0.1, -0.05) is 42.5 Å². The number of rotatable bonds is 7. The van der Waals surface area contributed by atoms with Crippen molar-refractivity contribution >= 4 is 23.1 Å². The van der Waals surface area contributed by atoms with E-state index in [1.54, 1.807) is 55.1 Å². The zero-order chi connectivity index (χ0) is 22.7. The second-order valence-electron chi connectivity index (χ2n) is 7.33. The summed E-state index contributed by atoms with van der Waals surface area (Å²) >= 11 is 0. The number of hydrogen-bond donors (Lipinski definition) is 1. The first kappa shape index (κ1) is 21.0. The highest BCUT2D eigenvalue weighted by Crippen LogP contribution is 2.42. The van der Waals surface area contributed by atoms with E-state index >= 15 is 0 Å². The van der Waals surface area contributed by atoms with E-state index in [1.807, 2.05) is 4.57 Å². The van der Waals surface area contributed by atoms with Gasteiger partial charge < -0.3 is 14.6 Å². The van der Waals surface area contributed by atoms with Crippen molar-refractivity contribution in [1.82, 2.24) is 14.5 Å². The van der Waals surface area contributed by atoms with Gasteiger partial charge in [-0.25, -0.2) is 4.98 Å². The van der Waals surface area contributed by atoms with Gasteiger partial charge in [0.2, 0.25) is 0 Å². The van der Waals surface area contributed by atoms with Crippen LogP contribution in [0.2, 0.25) is 0 Å². The molecule has 3 aromatic rings. The molecule has 0 saturated carbocycles. The minimum atomic E-state index is -1.07. The fourth-order valence-corrected chi connectivity index (χ4v) is 3.91. The highest BCUT2D eigenvalue weighted by molar-refractivity contribution is 6.46. The van der Waals surface area contributed by atoms with Crippen molar-refractivity contribution < 1.29 is 19.6 Å². The number of aromatic nitrogens is 2. The van der Waals surface area contributed by atoms with Crippen LogP contribution in [0.15, 0.2) is 78.9 Å². The van der Waals surface area contributed by atoms with Crippen LogP contribution in [0.4, 0.5) is 5.69 Å². The van der Waals surface area contributed by atoms with Crippen LogP contribution in [0.25, 0.3) is 5.76 Å². The molecule has 2 aromatic carbocycles. The molecule has 1 aliphatic rings. The zero-order valence-corrected chi connectivity index (χ0v) is 17.0. The summed E-state index contributed by atoms with van der Waals surface area (Å²) in [6, 6.07) is 13.2. The van der Waals surface area contributed by atoms with Crippen molar-refractivity contribution in [3.05, 3.63) is 100 Å². The molecule has 0 spiro atoms. The van der Waals surface area contributed by atoms with E-state index in [-0.39, 0.29) is 29.1 Å². The van der Waals surface area contributed by atoms with Gasteiger partial charge in [-0.05, 0) is 12.5 Å². The van der Waals surface area contributed by atoms with Crippen molar-refractivity contribution in [2.75, 3.05) is 6.54 Å². The number of carbonyl (C=O) groups is 2. The number of ketones is 1. The maximum atomic E-state index is 13.0. The van der Waals surface area contributed by atoms with Crippen molar-refractivity contribution in [1.29, 1.82) is 0 Å². The molecule has 1 aromatic heterocycles. The molecule has 2 heterocycles. The highest BCUT2D eigenvalue weighted by atomic mass is 16.6. The summed E-state index contributed by atoms with van der Waals surface area (Å²) in [5.41, 5.74) is 0.153. The first-order valence-electron chi connectivity index (χ1n) is 10.0. The predicted octanol–water partition coefficient (Wildman–Crippen LogP) is 3.30. The number of aliphatic hydroxyl groups is 1. The van der Waals surface area contributed by atoms with Gasteiger partial charge in [0.1, 0.15) is 5.76 Å². The summed E-state index contributed by atoms with van der Waals surface area (Å²) in [4.78, 5) is 42.4. The lowest BCUT2D eigenvalue weighted by Gasteiger charge is -2.25. The first-order valence-corrected chi connectivity index (χ1v) is 10.0. The Morgan fingerprint density at radius 2 is 1.78 bits per heavy atom. The maximum absolute atomic E-state index is 13.0. The lowest BCUT2D eigenvalue weighted by molar-refractivity contribution is -0.385. The number of para-hydroxylation sites is 1. The number of likely N-dealkylation sites (tertiary alicyclic amines) is 1. The Hall–Kier alpha value is -4.27. The maximum Gasteiger partial charge on any atom is 0.295 e. The summed E-state index contributed by atoms with van der Waals surface area (Å²) in [6.45, 7) is 0.719. The Kier molecular flexibility index (Phi) is 5.80. The molecular weight excluding hydrogens is 412 g/mol. The number of aryl methyl sites for hydroxylation is 1. The van der Waals surface area contributed by atoms with Gasteiger partial charge >= 0.3 is 0 Å². The SMILES string of the molecule is O=C1C(=O)N(CCCn2ccnc2)C(c2ccccc2[N+](=O)[O-])/C1=C(\O)c1ccccc1. The number of benzene rings is 2. The second-order valence-corrected chi connectivity index (χ2v) is 7.33. The molecule has 9 nitrogen and oxygen atoms in total. The third kappa shape index (κ3) is 3.87. The van der Waals surface area contributed by atoms with E-state index in [1.165, 1.54) is 23.1 Å². The van der Waals surface area contributed by atoms with Crippen molar-refractivity contribution in [3.63, 3.8) is 0 Å². The van der Waals surface area contributed by atoms with E-state index in [9.17, 15) is 24.8 Å². The van der Waals surface area contributed by atoms with E-state index in [2.05, 4.69) is 4.98 Å². The van der Waals surface area contributed by atoms with Gasteiger partial charge in [0, 0.05) is 37.1 Å². The Morgan fingerprint density at radius 3 is 2.47 bits per heavy atom. The van der Waals surface area contributed by atoms with Gasteiger partial charge in [-0.15, -0.1) is 0 Å². The Labute approximate surface area is 183 Å². The molecule has 1 N–H and O–H groups in total. The van der Waals surface area contributed by atoms with Crippen molar-refractivity contribution in [2.24, 2.45) is 0 Å². The summed E-state index contributed by atoms with van der Waals surface area (Å²) < 4.78 is 1.83. The topological polar surface area (TPSA) is 119 Å². The lowest BCUT2D eigenvalue weighted by atomic mass is 9.94. The molecule has 1 aliphatic heterocycles. The van der Waals surface area contributed by atoms with Crippen molar-refractivity contribution in [3.8, 4) is 0 Å². The summed E-state index contributed by atoms with van der Waals surface area (Å²) in [6.07, 6.45) is 5.55. The first-order chi connectivity index (χ1) is 15.5. The molecule has 1 saturated heterocycles. The monoisotopic (exact) mass is 432 g/mol. The van der Waals surface area contributed by atoms with Gasteiger partial charge in [0.25, 0.3) is 17.4 Å². The number of nitro benzene ring substituents is 1. The number of hydrogen-bond acceptors (Lipinski definition) is 6. The molecule has 4 rings (SSSR count). The van der Waals surface area contributed by atoms with Gasteiger partial charge in [0.15, 0.2) is 0 Å². The Balaban J connectivity index is 1.79. The fourth-order valence-electron chi connectivity index (χ4n) is 3.91. The van der Waals surface area contributed by atoms with Crippen LogP contribution >= 0.6 is 0 Å². The second kappa shape index (κ2) is 8.84. The number of nitro groups is 1. The molecule has 1 atom stereocenters. The van der Waals surface area contributed by atoms with Gasteiger partial charge in [-0.2, -0.15) is 0 Å². The number of aliphatic hydroxyl groups excluding tert-OH is 1. The summed E-state index contributed by atoms with van der Waals surface area (Å²) in [5.74, 6) is -2.02. The van der Waals surface area contributed by atoms with Crippen LogP contribution in [0.3, 0.4) is 0 Å². The number of carbonyl (C=O) groups excluding carboxylic acids is 2. The number of imidazole rings is 1. The zero-order valence-electron chi connectivity index (χ0n) is 17.0. The van der Waals surface area contributed by atoms with Gasteiger partial charge in [0.05, 0.1) is 28.4 Å². The molecular formula is C23H20N4O5. The average Bonchev–Trinajstić information content (AvgIpc) is 3.41. The smallest absolute Gasteiger partial charge is 0.295 e. The third-order valence-corrected chi connectivity index (χ3v) is 5.39. The lowest BCUT2D eigenvalue weighted by Crippen LogP contribution is -2.31. The highest BCUT2D eigenvalue weighted by Gasteiger charge is 2.47. The largest absolute Gasteiger partial charge is 0.507 e. The predicted molar refractivity (Wildman–Crippen MR) is 115 cm³/mol. The standard InChI is InChI=1S/C23H20N4O5/c28-21(16-7-2-1-3-8-16)19-20(17-9-4-5-10-18(17)27(31)32)26(23(30)22(19)29)13-6-12-25-14-11-24-15-25/h1-5,7-11,14-15,20,28H,6,12-13H2/b21-19+. The van der Waals surface area contributed by atoms with E-state index in [0.29, 0.717) is 18.5 Å². The fraction of sp³-hybridized carbons (Fsp3) is 0.174. The molecule has 0 bridgehead atoms. The van der Waals surface area contributed by atoms with Crippen LogP contribution < -0.4 is 0 Å². The van der Waals surface area contributed by atoms with Crippen LogP contribution in [0.1, 0.15) is 23.6 Å². The number of nitrogens with zero attached hydrogens (tertiary/aromatic N) is 4. The molecule has 32 heavy (non-hydrogen) atoms. The number of amides is 1. The quantitative estimate of drug-likeness (QED) is 0.201. The van der Waals surface area contributed by atoms with Gasteiger partial charge in [-0.3, -0.25) is 19.7 Å².